The number of ether oxygens (including phenoxy) is 1. The number of benzene rings is 1. The molecule has 8 nitrogen and oxygen atoms in total. The van der Waals surface area contributed by atoms with E-state index in [1.807, 2.05) is 43.1 Å². The van der Waals surface area contributed by atoms with Crippen LogP contribution in [0.2, 0.25) is 5.02 Å². The Kier molecular flexibility index (Phi) is 4.57. The second-order valence-electron chi connectivity index (χ2n) is 6.40. The van der Waals surface area contributed by atoms with Crippen molar-refractivity contribution in [2.45, 2.75) is 19.4 Å². The number of halogens is 1. The molecule has 0 saturated heterocycles. The van der Waals surface area contributed by atoms with Crippen molar-refractivity contribution in [3.05, 3.63) is 35.6 Å². The van der Waals surface area contributed by atoms with Crippen LogP contribution in [0.4, 0.5) is 17.3 Å². The van der Waals surface area contributed by atoms with Gasteiger partial charge in [0.1, 0.15) is 17.5 Å². The highest BCUT2D eigenvalue weighted by Crippen LogP contribution is 2.40. The Morgan fingerprint density at radius 3 is 3.07 bits per heavy atom. The van der Waals surface area contributed by atoms with Crippen LogP contribution in [0.15, 0.2) is 30.6 Å². The van der Waals surface area contributed by atoms with Crippen LogP contribution in [0.1, 0.15) is 13.3 Å². The van der Waals surface area contributed by atoms with Crippen molar-refractivity contribution in [3.63, 3.8) is 0 Å². The number of nitrogens with zero attached hydrogens (tertiary/aromatic N) is 4. The third kappa shape index (κ3) is 3.40. The van der Waals surface area contributed by atoms with E-state index in [4.69, 9.17) is 16.3 Å². The predicted octanol–water partition coefficient (Wildman–Crippen LogP) is 3.14. The summed E-state index contributed by atoms with van der Waals surface area (Å²) in [5, 5.41) is 12.0. The largest absolute Gasteiger partial charge is 0.466 e. The number of H-pyrrole nitrogens is 1. The van der Waals surface area contributed by atoms with Gasteiger partial charge in [0.15, 0.2) is 11.5 Å². The van der Waals surface area contributed by atoms with E-state index in [0.29, 0.717) is 28.9 Å². The monoisotopic (exact) mass is 386 g/mol. The molecule has 0 aliphatic heterocycles. The molecule has 3 aromatic rings. The van der Waals surface area contributed by atoms with Crippen LogP contribution in [0.5, 0.6) is 0 Å². The SMILES string of the molecule is CCOC(=O)C1CC1N(C)c1n[nH]c2ncnc(Nc3cccc(Cl)c3)c12. The smallest absolute Gasteiger partial charge is 0.311 e. The number of aromatic amines is 1. The molecule has 1 saturated carbocycles. The van der Waals surface area contributed by atoms with Crippen LogP contribution >= 0.6 is 11.6 Å². The summed E-state index contributed by atoms with van der Waals surface area (Å²) in [7, 11) is 1.91. The van der Waals surface area contributed by atoms with Gasteiger partial charge in [-0.2, -0.15) is 5.10 Å². The molecule has 1 aliphatic carbocycles. The minimum Gasteiger partial charge on any atom is -0.466 e. The van der Waals surface area contributed by atoms with Crippen molar-refractivity contribution in [1.82, 2.24) is 20.2 Å². The molecule has 0 radical (unpaired) electrons. The molecule has 2 atom stereocenters. The second kappa shape index (κ2) is 7.03. The lowest BCUT2D eigenvalue weighted by Gasteiger charge is -2.17. The molecule has 0 spiro atoms. The van der Waals surface area contributed by atoms with Crippen LogP contribution in [0.25, 0.3) is 11.0 Å². The number of carbonyl (C=O) groups excluding carboxylic acids is 1. The van der Waals surface area contributed by atoms with Crippen LogP contribution in [0.3, 0.4) is 0 Å². The Bertz CT molecular complexity index is 991. The van der Waals surface area contributed by atoms with Crippen LogP contribution in [-0.2, 0) is 9.53 Å². The molecule has 2 heterocycles. The van der Waals surface area contributed by atoms with Gasteiger partial charge < -0.3 is 15.0 Å². The van der Waals surface area contributed by atoms with Crippen molar-refractivity contribution in [2.75, 3.05) is 23.9 Å². The Hall–Kier alpha value is -2.87. The molecule has 2 N–H and O–H groups in total. The Labute approximate surface area is 160 Å². The lowest BCUT2D eigenvalue weighted by atomic mass is 10.3. The summed E-state index contributed by atoms with van der Waals surface area (Å²) in [6, 6.07) is 7.44. The maximum absolute atomic E-state index is 12.0. The first-order chi connectivity index (χ1) is 13.1. The highest BCUT2D eigenvalue weighted by atomic mass is 35.5. The molecule has 4 rings (SSSR count). The standard InChI is InChI=1S/C18H19ClN6O2/c1-3-27-18(26)12-8-13(12)25(2)17-14-15(20-9-21-16(14)23-24-17)22-11-6-4-5-10(19)7-11/h4-7,9,12-13H,3,8H2,1-2H3,(H2,20,21,22,23,24). The van der Waals surface area contributed by atoms with Gasteiger partial charge in [-0.1, -0.05) is 17.7 Å². The van der Waals surface area contributed by atoms with Crippen LogP contribution in [0, 0.1) is 5.92 Å². The zero-order valence-corrected chi connectivity index (χ0v) is 15.7. The minimum atomic E-state index is -0.164. The summed E-state index contributed by atoms with van der Waals surface area (Å²) in [5.74, 6) is 1.01. The normalized spacial score (nSPS) is 18.3. The molecule has 2 unspecified atom stereocenters. The summed E-state index contributed by atoms with van der Waals surface area (Å²) >= 11 is 6.07. The zero-order valence-electron chi connectivity index (χ0n) is 14.9. The number of fused-ring (bicyclic) bond motifs is 1. The van der Waals surface area contributed by atoms with E-state index in [2.05, 4.69) is 25.5 Å². The molecule has 1 aliphatic rings. The summed E-state index contributed by atoms with van der Waals surface area (Å²) in [6.07, 6.45) is 2.21. The van der Waals surface area contributed by atoms with Gasteiger partial charge in [0.2, 0.25) is 0 Å². The van der Waals surface area contributed by atoms with Crippen molar-refractivity contribution in [1.29, 1.82) is 0 Å². The summed E-state index contributed by atoms with van der Waals surface area (Å²) in [4.78, 5) is 22.6. The van der Waals surface area contributed by atoms with E-state index in [1.54, 1.807) is 0 Å². The van der Waals surface area contributed by atoms with Crippen molar-refractivity contribution < 1.29 is 9.53 Å². The van der Waals surface area contributed by atoms with Crippen LogP contribution < -0.4 is 10.2 Å². The van der Waals surface area contributed by atoms with Crippen molar-refractivity contribution in [2.24, 2.45) is 5.92 Å². The van der Waals surface area contributed by atoms with E-state index in [1.165, 1.54) is 6.33 Å². The fraction of sp³-hybridized carbons (Fsp3) is 0.333. The molecule has 1 fully saturated rings. The number of carbonyl (C=O) groups is 1. The van der Waals surface area contributed by atoms with Crippen LogP contribution in [-0.4, -0.2) is 45.8 Å². The maximum Gasteiger partial charge on any atom is 0.311 e. The fourth-order valence-corrected chi connectivity index (χ4v) is 3.36. The topological polar surface area (TPSA) is 96.0 Å². The van der Waals surface area contributed by atoms with E-state index in [0.717, 1.165) is 17.5 Å². The Morgan fingerprint density at radius 2 is 2.30 bits per heavy atom. The summed E-state index contributed by atoms with van der Waals surface area (Å²) < 4.78 is 5.12. The van der Waals surface area contributed by atoms with E-state index in [9.17, 15) is 4.79 Å². The number of nitrogens with one attached hydrogen (secondary N) is 2. The van der Waals surface area contributed by atoms with Gasteiger partial charge in [-0.25, -0.2) is 9.97 Å². The van der Waals surface area contributed by atoms with Gasteiger partial charge in [0.25, 0.3) is 0 Å². The number of anilines is 3. The van der Waals surface area contributed by atoms with E-state index < -0.39 is 0 Å². The number of hydrogen-bond donors (Lipinski definition) is 2. The van der Waals surface area contributed by atoms with Gasteiger partial charge in [-0.05, 0) is 31.5 Å². The third-order valence-electron chi connectivity index (χ3n) is 4.60. The average Bonchev–Trinajstić information content (AvgIpc) is 3.33. The third-order valence-corrected chi connectivity index (χ3v) is 4.84. The number of aromatic nitrogens is 4. The lowest BCUT2D eigenvalue weighted by Crippen LogP contribution is -2.25. The van der Waals surface area contributed by atoms with Crippen molar-refractivity contribution >= 4 is 45.9 Å². The first kappa shape index (κ1) is 17.5. The van der Waals surface area contributed by atoms with Crippen molar-refractivity contribution in [3.8, 4) is 0 Å². The summed E-state index contributed by atoms with van der Waals surface area (Å²) in [5.41, 5.74) is 1.43. The number of esters is 1. The Balaban J connectivity index is 1.64. The first-order valence-electron chi connectivity index (χ1n) is 8.69. The molecular weight excluding hydrogens is 368 g/mol. The predicted molar refractivity (Wildman–Crippen MR) is 103 cm³/mol. The maximum atomic E-state index is 12.0. The second-order valence-corrected chi connectivity index (χ2v) is 6.84. The molecule has 2 aromatic heterocycles. The van der Waals surface area contributed by atoms with Gasteiger partial charge in [0, 0.05) is 23.8 Å². The summed E-state index contributed by atoms with van der Waals surface area (Å²) in [6.45, 7) is 2.20. The molecule has 0 bridgehead atoms. The average molecular weight is 387 g/mol. The van der Waals surface area contributed by atoms with E-state index >= 15 is 0 Å². The highest BCUT2D eigenvalue weighted by Gasteiger charge is 2.48. The van der Waals surface area contributed by atoms with Gasteiger partial charge in [0.05, 0.1) is 12.5 Å². The minimum absolute atomic E-state index is 0.0507. The molecule has 9 heteroatoms. The van der Waals surface area contributed by atoms with E-state index in [-0.39, 0.29) is 17.9 Å². The zero-order chi connectivity index (χ0) is 19.0. The lowest BCUT2D eigenvalue weighted by molar-refractivity contribution is -0.144. The van der Waals surface area contributed by atoms with Gasteiger partial charge in [-0.3, -0.25) is 9.89 Å². The molecule has 1 aromatic carbocycles. The number of hydrogen-bond acceptors (Lipinski definition) is 7. The number of rotatable bonds is 6. The molecular formula is C18H19ClN6O2. The highest BCUT2D eigenvalue weighted by molar-refractivity contribution is 6.30. The quantitative estimate of drug-likeness (QED) is 0.628. The van der Waals surface area contributed by atoms with Gasteiger partial charge in [-0.15, -0.1) is 0 Å². The van der Waals surface area contributed by atoms with Gasteiger partial charge >= 0.3 is 5.97 Å². The molecule has 0 amide bonds. The molecule has 140 valence electrons. The molecule has 27 heavy (non-hydrogen) atoms. The fourth-order valence-electron chi connectivity index (χ4n) is 3.17. The Morgan fingerprint density at radius 1 is 1.44 bits per heavy atom. The first-order valence-corrected chi connectivity index (χ1v) is 9.07.